The van der Waals surface area contributed by atoms with E-state index in [1.54, 1.807) is 11.3 Å². The summed E-state index contributed by atoms with van der Waals surface area (Å²) in [6.07, 6.45) is -1.34. The van der Waals surface area contributed by atoms with Crippen molar-refractivity contribution < 1.29 is 19.8 Å². The number of amides is 2. The van der Waals surface area contributed by atoms with Crippen LogP contribution in [-0.4, -0.2) is 59.3 Å². The van der Waals surface area contributed by atoms with Crippen molar-refractivity contribution in [3.8, 4) is 0 Å². The van der Waals surface area contributed by atoms with Crippen LogP contribution in [0.5, 0.6) is 0 Å². The van der Waals surface area contributed by atoms with Gasteiger partial charge in [0.25, 0.3) is 11.8 Å². The number of rotatable bonds is 12. The van der Waals surface area contributed by atoms with E-state index in [0.717, 1.165) is 29.0 Å². The average molecular weight is 464 g/mol. The standard InChI is InChI=1S/C22H31N3O4S.C2H6/c1-3-4-13-25(15-16-7-9-17(23-2)10-8-16)22(29)20(27)19(26)21(28)24-12-11-18-6-5-14-30-18;1-2/h5-10,14,19-20,23,26-27H,3-4,11-13,15H2,1-2H3,(H,24,28);1-2H3. The Morgan fingerprint density at radius 3 is 2.34 bits per heavy atom. The van der Waals surface area contributed by atoms with Crippen LogP contribution in [-0.2, 0) is 22.6 Å². The smallest absolute Gasteiger partial charge is 0.254 e. The lowest BCUT2D eigenvalue weighted by molar-refractivity contribution is -0.153. The third kappa shape index (κ3) is 8.98. The van der Waals surface area contributed by atoms with Gasteiger partial charge in [0.05, 0.1) is 0 Å². The zero-order valence-corrected chi connectivity index (χ0v) is 20.3. The van der Waals surface area contributed by atoms with Crippen LogP contribution in [0.1, 0.15) is 44.1 Å². The van der Waals surface area contributed by atoms with Crippen molar-refractivity contribution in [2.24, 2.45) is 0 Å². The molecule has 0 fully saturated rings. The monoisotopic (exact) mass is 463 g/mol. The largest absolute Gasteiger partial charge is 0.388 e. The third-order valence-corrected chi connectivity index (χ3v) is 5.72. The molecule has 0 bridgehead atoms. The Morgan fingerprint density at radius 2 is 1.78 bits per heavy atom. The van der Waals surface area contributed by atoms with Crippen molar-refractivity contribution >= 4 is 28.8 Å². The fourth-order valence-corrected chi connectivity index (χ4v) is 3.66. The average Bonchev–Trinajstić information content (AvgIpc) is 3.35. The number of carbonyl (C=O) groups is 2. The zero-order chi connectivity index (χ0) is 23.9. The molecule has 1 aromatic carbocycles. The first kappa shape index (κ1) is 27.6. The molecular formula is C24H37N3O4S. The fraction of sp³-hybridized carbons (Fsp3) is 0.500. The van der Waals surface area contributed by atoms with Gasteiger partial charge in [-0.2, -0.15) is 0 Å². The van der Waals surface area contributed by atoms with Crippen LogP contribution in [0.15, 0.2) is 41.8 Å². The Labute approximate surface area is 195 Å². The Kier molecular flexibility index (Phi) is 13.3. The minimum atomic E-state index is -1.81. The molecule has 2 unspecified atom stereocenters. The quantitative estimate of drug-likeness (QED) is 0.388. The summed E-state index contributed by atoms with van der Waals surface area (Å²) in [4.78, 5) is 27.6. The van der Waals surface area contributed by atoms with Crippen LogP contribution < -0.4 is 10.6 Å². The van der Waals surface area contributed by atoms with E-state index in [-0.39, 0.29) is 0 Å². The van der Waals surface area contributed by atoms with Crippen LogP contribution in [0.3, 0.4) is 0 Å². The van der Waals surface area contributed by atoms with Gasteiger partial charge in [0.2, 0.25) is 0 Å². The molecule has 8 heteroatoms. The maximum atomic E-state index is 12.8. The normalized spacial score (nSPS) is 12.2. The highest BCUT2D eigenvalue weighted by Crippen LogP contribution is 2.13. The molecule has 1 aromatic heterocycles. The zero-order valence-electron chi connectivity index (χ0n) is 19.5. The summed E-state index contributed by atoms with van der Waals surface area (Å²) in [7, 11) is 1.83. The molecule has 0 aliphatic rings. The van der Waals surface area contributed by atoms with Gasteiger partial charge >= 0.3 is 0 Å². The predicted molar refractivity (Wildman–Crippen MR) is 131 cm³/mol. The molecule has 1 heterocycles. The van der Waals surface area contributed by atoms with Gasteiger partial charge in [0.15, 0.2) is 12.2 Å². The van der Waals surface area contributed by atoms with E-state index in [1.165, 1.54) is 4.90 Å². The van der Waals surface area contributed by atoms with E-state index in [0.29, 0.717) is 26.1 Å². The first-order chi connectivity index (χ1) is 15.5. The van der Waals surface area contributed by atoms with Gasteiger partial charge in [-0.25, -0.2) is 0 Å². The summed E-state index contributed by atoms with van der Waals surface area (Å²) in [6, 6.07) is 11.5. The van der Waals surface area contributed by atoms with Crippen molar-refractivity contribution in [1.29, 1.82) is 0 Å². The molecule has 178 valence electrons. The van der Waals surface area contributed by atoms with Crippen molar-refractivity contribution in [2.45, 2.75) is 58.8 Å². The van der Waals surface area contributed by atoms with Gasteiger partial charge < -0.3 is 25.7 Å². The number of unbranched alkanes of at least 4 members (excludes halogenated alkanes) is 1. The van der Waals surface area contributed by atoms with E-state index in [1.807, 2.05) is 69.6 Å². The third-order valence-electron chi connectivity index (χ3n) is 4.78. The van der Waals surface area contributed by atoms with Gasteiger partial charge in [0.1, 0.15) is 0 Å². The number of nitrogens with one attached hydrogen (secondary N) is 2. The number of nitrogens with zero attached hydrogens (tertiary/aromatic N) is 1. The highest BCUT2D eigenvalue weighted by molar-refractivity contribution is 7.09. The highest BCUT2D eigenvalue weighted by atomic mass is 32.1. The molecule has 0 spiro atoms. The van der Waals surface area contributed by atoms with E-state index < -0.39 is 24.0 Å². The second-order valence-corrected chi connectivity index (χ2v) is 8.10. The first-order valence-corrected chi connectivity index (χ1v) is 12.1. The Bertz CT molecular complexity index is 781. The lowest BCUT2D eigenvalue weighted by Gasteiger charge is -2.27. The molecule has 0 saturated carbocycles. The van der Waals surface area contributed by atoms with Crippen molar-refractivity contribution in [1.82, 2.24) is 10.2 Å². The summed E-state index contributed by atoms with van der Waals surface area (Å²) in [5.74, 6) is -1.40. The van der Waals surface area contributed by atoms with Gasteiger partial charge in [-0.15, -0.1) is 11.3 Å². The first-order valence-electron chi connectivity index (χ1n) is 11.2. The van der Waals surface area contributed by atoms with E-state index in [9.17, 15) is 19.8 Å². The minimum absolute atomic E-state index is 0.298. The molecule has 4 N–H and O–H groups in total. The van der Waals surface area contributed by atoms with Gasteiger partial charge in [-0.3, -0.25) is 9.59 Å². The van der Waals surface area contributed by atoms with Gasteiger partial charge in [0, 0.05) is 37.2 Å². The molecule has 2 atom stereocenters. The van der Waals surface area contributed by atoms with Crippen LogP contribution >= 0.6 is 11.3 Å². The molecule has 0 saturated heterocycles. The summed E-state index contributed by atoms with van der Waals surface area (Å²) < 4.78 is 0. The molecular weight excluding hydrogens is 426 g/mol. The maximum absolute atomic E-state index is 12.8. The van der Waals surface area contributed by atoms with Crippen LogP contribution in [0.2, 0.25) is 0 Å². The summed E-state index contributed by atoms with van der Waals surface area (Å²) >= 11 is 1.58. The van der Waals surface area contributed by atoms with E-state index >= 15 is 0 Å². The number of aliphatic hydroxyl groups excluding tert-OH is 2. The lowest BCUT2D eigenvalue weighted by atomic mass is 10.1. The lowest BCUT2D eigenvalue weighted by Crippen LogP contribution is -2.51. The second-order valence-electron chi connectivity index (χ2n) is 7.07. The number of hydrogen-bond acceptors (Lipinski definition) is 6. The Morgan fingerprint density at radius 1 is 1.09 bits per heavy atom. The van der Waals surface area contributed by atoms with Gasteiger partial charge in [-0.05, 0) is 42.0 Å². The summed E-state index contributed by atoms with van der Waals surface area (Å²) in [5, 5.41) is 28.1. The topological polar surface area (TPSA) is 102 Å². The number of benzene rings is 1. The molecule has 0 radical (unpaired) electrons. The summed E-state index contributed by atoms with van der Waals surface area (Å²) in [5.41, 5.74) is 1.86. The number of thiophene rings is 1. The predicted octanol–water partition coefficient (Wildman–Crippen LogP) is 3.03. The summed E-state index contributed by atoms with van der Waals surface area (Å²) in [6.45, 7) is 7.07. The minimum Gasteiger partial charge on any atom is -0.388 e. The molecule has 2 rings (SSSR count). The number of aliphatic hydroxyl groups is 2. The van der Waals surface area contributed by atoms with Crippen molar-refractivity contribution in [2.75, 3.05) is 25.5 Å². The van der Waals surface area contributed by atoms with Crippen LogP contribution in [0.4, 0.5) is 5.69 Å². The maximum Gasteiger partial charge on any atom is 0.254 e. The fourth-order valence-electron chi connectivity index (χ4n) is 2.95. The molecule has 0 aliphatic heterocycles. The Hall–Kier alpha value is -2.42. The van der Waals surface area contributed by atoms with Crippen LogP contribution in [0.25, 0.3) is 0 Å². The van der Waals surface area contributed by atoms with E-state index in [4.69, 9.17) is 0 Å². The van der Waals surface area contributed by atoms with Gasteiger partial charge in [-0.1, -0.05) is 45.4 Å². The Balaban J connectivity index is 0.00000249. The van der Waals surface area contributed by atoms with Crippen molar-refractivity contribution in [3.63, 3.8) is 0 Å². The number of hydrogen-bond donors (Lipinski definition) is 4. The van der Waals surface area contributed by atoms with Crippen molar-refractivity contribution in [3.05, 3.63) is 52.2 Å². The number of anilines is 1. The van der Waals surface area contributed by atoms with Crippen LogP contribution in [0, 0.1) is 0 Å². The second kappa shape index (κ2) is 15.4. The molecule has 2 amide bonds. The molecule has 0 aliphatic carbocycles. The molecule has 32 heavy (non-hydrogen) atoms. The SMILES string of the molecule is CC.CCCCN(Cc1ccc(NC)cc1)C(=O)C(O)C(O)C(=O)NCCc1cccs1. The van der Waals surface area contributed by atoms with E-state index in [2.05, 4.69) is 10.6 Å². The number of carbonyl (C=O) groups excluding carboxylic acids is 2. The molecule has 2 aromatic rings. The highest BCUT2D eigenvalue weighted by Gasteiger charge is 2.33. The molecule has 7 nitrogen and oxygen atoms in total.